The first-order valence-corrected chi connectivity index (χ1v) is 14.1. The summed E-state index contributed by atoms with van der Waals surface area (Å²) in [5.41, 5.74) is 1.13. The molecule has 2 heterocycles. The predicted molar refractivity (Wildman–Crippen MR) is 143 cm³/mol. The van der Waals surface area contributed by atoms with E-state index in [-0.39, 0.29) is 27.7 Å². The predicted octanol–water partition coefficient (Wildman–Crippen LogP) is 4.31. The fraction of sp³-hybridized carbons (Fsp3) is 0.407. The number of benzene rings is 2. The van der Waals surface area contributed by atoms with Crippen molar-refractivity contribution in [3.8, 4) is 0 Å². The molecule has 2 aromatic carbocycles. The van der Waals surface area contributed by atoms with E-state index in [4.69, 9.17) is 11.6 Å². The van der Waals surface area contributed by atoms with Gasteiger partial charge in [0.05, 0.1) is 10.4 Å². The lowest BCUT2D eigenvalue weighted by molar-refractivity contribution is 0.0952. The summed E-state index contributed by atoms with van der Waals surface area (Å²) in [7, 11) is -3.76. The summed E-state index contributed by atoms with van der Waals surface area (Å²) in [6, 6.07) is 12.0. The summed E-state index contributed by atoms with van der Waals surface area (Å²) < 4.78 is 30.2. The molecule has 0 radical (unpaired) electrons. The molecule has 4 rings (SSSR count). The Hall–Kier alpha value is -2.68. The van der Waals surface area contributed by atoms with Gasteiger partial charge in [0.15, 0.2) is 0 Å². The van der Waals surface area contributed by atoms with Gasteiger partial charge in [-0.15, -0.1) is 0 Å². The van der Waals surface area contributed by atoms with Crippen molar-refractivity contribution in [2.24, 2.45) is 11.8 Å². The number of carbonyl (C=O) groups is 1. The Morgan fingerprint density at radius 2 is 1.75 bits per heavy atom. The lowest BCUT2D eigenvalue weighted by atomic mass is 9.94. The SMILES string of the molecule is CCn1cc(C(=O)NCCc2ccc(Cl)cc2)c(=O)c2cc(S(=O)(=O)N3CC(C)CC(C)C3)ccc21. The lowest BCUT2D eigenvalue weighted by Crippen LogP contribution is -2.42. The number of rotatable bonds is 7. The molecule has 1 amide bonds. The zero-order valence-electron chi connectivity index (χ0n) is 20.8. The smallest absolute Gasteiger partial charge is 0.256 e. The van der Waals surface area contributed by atoms with Gasteiger partial charge in [-0.3, -0.25) is 9.59 Å². The zero-order chi connectivity index (χ0) is 26.0. The number of aryl methyl sites for hydroxylation is 1. The third-order valence-corrected chi connectivity index (χ3v) is 8.80. The molecule has 0 spiro atoms. The van der Waals surface area contributed by atoms with Crippen molar-refractivity contribution in [3.05, 3.63) is 75.0 Å². The van der Waals surface area contributed by atoms with Gasteiger partial charge in [0.1, 0.15) is 5.56 Å². The highest BCUT2D eigenvalue weighted by Gasteiger charge is 2.32. The number of sulfonamides is 1. The van der Waals surface area contributed by atoms with Crippen molar-refractivity contribution in [1.29, 1.82) is 0 Å². The minimum atomic E-state index is -3.76. The maximum Gasteiger partial charge on any atom is 0.256 e. The van der Waals surface area contributed by atoms with Gasteiger partial charge in [0.25, 0.3) is 5.91 Å². The standard InChI is InChI=1S/C27H32ClN3O4S/c1-4-30-17-24(27(33)29-12-11-20-5-7-21(28)8-6-20)26(32)23-14-22(9-10-25(23)30)36(34,35)31-15-18(2)13-19(3)16-31/h5-10,14,17-19H,4,11-13,15-16H2,1-3H3,(H,29,33). The zero-order valence-corrected chi connectivity index (χ0v) is 22.4. The molecule has 0 aliphatic carbocycles. The van der Waals surface area contributed by atoms with E-state index in [2.05, 4.69) is 19.2 Å². The summed E-state index contributed by atoms with van der Waals surface area (Å²) in [5, 5.41) is 3.68. The van der Waals surface area contributed by atoms with Crippen LogP contribution >= 0.6 is 11.6 Å². The molecule has 7 nitrogen and oxygen atoms in total. The van der Waals surface area contributed by atoms with E-state index < -0.39 is 21.4 Å². The number of nitrogens with zero attached hydrogens (tertiary/aromatic N) is 2. The van der Waals surface area contributed by atoms with Crippen LogP contribution in [0.5, 0.6) is 0 Å². The van der Waals surface area contributed by atoms with Crippen LogP contribution in [0, 0.1) is 11.8 Å². The molecule has 192 valence electrons. The van der Waals surface area contributed by atoms with Crippen LogP contribution in [0.4, 0.5) is 0 Å². The van der Waals surface area contributed by atoms with Crippen molar-refractivity contribution in [2.75, 3.05) is 19.6 Å². The number of carbonyl (C=O) groups excluding carboxylic acids is 1. The second-order valence-corrected chi connectivity index (χ2v) is 12.1. The fourth-order valence-electron chi connectivity index (χ4n) is 4.98. The number of piperidine rings is 1. The normalized spacial score (nSPS) is 18.9. The van der Waals surface area contributed by atoms with Gasteiger partial charge in [-0.05, 0) is 67.5 Å². The molecular formula is C27H32ClN3O4S. The van der Waals surface area contributed by atoms with Crippen molar-refractivity contribution >= 4 is 38.4 Å². The number of aromatic nitrogens is 1. The number of halogens is 1. The maximum atomic E-state index is 13.4. The highest BCUT2D eigenvalue weighted by atomic mass is 35.5. The van der Waals surface area contributed by atoms with Crippen LogP contribution in [-0.4, -0.2) is 42.8 Å². The number of pyridine rings is 1. The topological polar surface area (TPSA) is 88.5 Å². The van der Waals surface area contributed by atoms with Gasteiger partial charge in [-0.2, -0.15) is 4.31 Å². The highest BCUT2D eigenvalue weighted by Crippen LogP contribution is 2.28. The molecule has 1 aliphatic rings. The van der Waals surface area contributed by atoms with Gasteiger partial charge in [0.2, 0.25) is 15.5 Å². The van der Waals surface area contributed by atoms with Crippen molar-refractivity contribution in [3.63, 3.8) is 0 Å². The summed E-state index contributed by atoms with van der Waals surface area (Å²) in [5.74, 6) is 0.0546. The van der Waals surface area contributed by atoms with E-state index in [1.165, 1.54) is 10.4 Å². The van der Waals surface area contributed by atoms with Crippen LogP contribution in [0.3, 0.4) is 0 Å². The minimum Gasteiger partial charge on any atom is -0.352 e. The molecule has 1 aromatic heterocycles. The van der Waals surface area contributed by atoms with Crippen LogP contribution in [0.1, 0.15) is 43.1 Å². The molecule has 1 saturated heterocycles. The third kappa shape index (κ3) is 5.51. The average Bonchev–Trinajstić information content (AvgIpc) is 2.84. The van der Waals surface area contributed by atoms with Crippen molar-refractivity contribution in [2.45, 2.75) is 45.1 Å². The maximum absolute atomic E-state index is 13.4. The largest absolute Gasteiger partial charge is 0.352 e. The Morgan fingerprint density at radius 1 is 1.08 bits per heavy atom. The van der Waals surface area contributed by atoms with Crippen LogP contribution < -0.4 is 10.7 Å². The molecule has 3 aromatic rings. The van der Waals surface area contributed by atoms with E-state index in [1.807, 2.05) is 19.1 Å². The number of nitrogens with one attached hydrogen (secondary N) is 1. The third-order valence-electron chi connectivity index (χ3n) is 6.72. The Balaban J connectivity index is 1.64. The van der Waals surface area contributed by atoms with Crippen LogP contribution in [-0.2, 0) is 23.0 Å². The summed E-state index contributed by atoms with van der Waals surface area (Å²) >= 11 is 5.92. The molecule has 36 heavy (non-hydrogen) atoms. The quantitative estimate of drug-likeness (QED) is 0.494. The van der Waals surface area contributed by atoms with Crippen molar-refractivity contribution < 1.29 is 13.2 Å². The molecular weight excluding hydrogens is 498 g/mol. The van der Waals surface area contributed by atoms with Crippen LogP contribution in [0.2, 0.25) is 5.02 Å². The molecule has 2 atom stereocenters. The average molecular weight is 530 g/mol. The van der Waals surface area contributed by atoms with E-state index in [9.17, 15) is 18.0 Å². The van der Waals surface area contributed by atoms with Crippen molar-refractivity contribution in [1.82, 2.24) is 14.2 Å². The molecule has 1 fully saturated rings. The van der Waals surface area contributed by atoms with Crippen LogP contribution in [0.15, 0.2) is 58.4 Å². The Bertz CT molecular complexity index is 1420. The van der Waals surface area contributed by atoms with E-state index in [1.54, 1.807) is 35.0 Å². The van der Waals surface area contributed by atoms with Gasteiger partial charge in [-0.25, -0.2) is 8.42 Å². The fourth-order valence-corrected chi connectivity index (χ4v) is 6.81. The summed E-state index contributed by atoms with van der Waals surface area (Å²) in [4.78, 5) is 26.4. The highest BCUT2D eigenvalue weighted by molar-refractivity contribution is 7.89. The van der Waals surface area contributed by atoms with Gasteiger partial charge < -0.3 is 9.88 Å². The molecule has 1 N–H and O–H groups in total. The van der Waals surface area contributed by atoms with E-state index in [0.29, 0.717) is 43.1 Å². The first kappa shape index (κ1) is 26.4. The molecule has 2 unspecified atom stereocenters. The molecule has 9 heteroatoms. The van der Waals surface area contributed by atoms with Crippen LogP contribution in [0.25, 0.3) is 10.9 Å². The lowest BCUT2D eigenvalue weighted by Gasteiger charge is -2.34. The molecule has 0 saturated carbocycles. The number of hydrogen-bond acceptors (Lipinski definition) is 4. The van der Waals surface area contributed by atoms with Gasteiger partial charge >= 0.3 is 0 Å². The Morgan fingerprint density at radius 3 is 2.39 bits per heavy atom. The number of hydrogen-bond donors (Lipinski definition) is 1. The molecule has 0 bridgehead atoms. The Kier molecular flexibility index (Phi) is 7.87. The molecule has 1 aliphatic heterocycles. The van der Waals surface area contributed by atoms with E-state index >= 15 is 0 Å². The second-order valence-electron chi connectivity index (χ2n) is 9.74. The monoisotopic (exact) mass is 529 g/mol. The summed E-state index contributed by atoms with van der Waals surface area (Å²) in [6.07, 6.45) is 3.12. The Labute approximate surface area is 217 Å². The number of fused-ring (bicyclic) bond motifs is 1. The van der Waals surface area contributed by atoms with E-state index in [0.717, 1.165) is 12.0 Å². The number of amides is 1. The van der Waals surface area contributed by atoms with Gasteiger partial charge in [-0.1, -0.05) is 37.6 Å². The first-order valence-electron chi connectivity index (χ1n) is 12.3. The minimum absolute atomic E-state index is 0.00442. The van der Waals surface area contributed by atoms with Gasteiger partial charge in [0, 0.05) is 42.8 Å². The second kappa shape index (κ2) is 10.7. The summed E-state index contributed by atoms with van der Waals surface area (Å²) in [6.45, 7) is 7.80. The first-order chi connectivity index (χ1) is 17.1.